The Bertz CT molecular complexity index is 867. The van der Waals surface area contributed by atoms with Crippen LogP contribution in [0.15, 0.2) is 10.6 Å². The van der Waals surface area contributed by atoms with Gasteiger partial charge in [0.05, 0.1) is 0 Å². The summed E-state index contributed by atoms with van der Waals surface area (Å²) in [6.45, 7) is 15.1. The number of piperidine rings is 1. The Hall–Kier alpha value is -1.86. The minimum atomic E-state index is -0.206. The molecule has 0 radical (unpaired) electrons. The molecule has 1 aliphatic heterocycles. The van der Waals surface area contributed by atoms with Crippen molar-refractivity contribution in [2.45, 2.75) is 60.4 Å². The van der Waals surface area contributed by atoms with Gasteiger partial charge in [0, 0.05) is 25.7 Å². The Labute approximate surface area is 184 Å². The van der Waals surface area contributed by atoms with Crippen molar-refractivity contribution >= 4 is 17.5 Å². The number of rotatable bonds is 7. The predicted octanol–water partition coefficient (Wildman–Crippen LogP) is 4.40. The zero-order chi connectivity index (χ0) is 21.9. The smallest absolute Gasteiger partial charge is 0.256 e. The highest BCUT2D eigenvalue weighted by atomic mass is 35.5. The fourth-order valence-corrected chi connectivity index (χ4v) is 4.18. The van der Waals surface area contributed by atoms with Crippen molar-refractivity contribution in [1.82, 2.24) is 25.2 Å². The number of halogens is 1. The minimum Gasteiger partial charge on any atom is -0.361 e. The first-order chi connectivity index (χ1) is 14.2. The molecule has 1 N–H and O–H groups in total. The third kappa shape index (κ3) is 5.64. The van der Waals surface area contributed by atoms with Crippen LogP contribution in [0, 0.1) is 18.3 Å². The molecule has 2 aromatic rings. The van der Waals surface area contributed by atoms with Crippen LogP contribution >= 0.6 is 11.6 Å². The van der Waals surface area contributed by atoms with E-state index in [1.165, 1.54) is 12.8 Å². The van der Waals surface area contributed by atoms with E-state index < -0.39 is 0 Å². The maximum absolute atomic E-state index is 13.1. The number of aryl methyl sites for hydroxylation is 2. The van der Waals surface area contributed by atoms with Gasteiger partial charge in [-0.3, -0.25) is 9.48 Å². The molecule has 3 rings (SSSR count). The molecule has 2 aromatic heterocycles. The van der Waals surface area contributed by atoms with E-state index >= 15 is 0 Å². The van der Waals surface area contributed by atoms with Crippen LogP contribution in [0.5, 0.6) is 0 Å². The molecule has 1 atom stereocenters. The van der Waals surface area contributed by atoms with Gasteiger partial charge in [0.25, 0.3) is 5.91 Å². The number of aromatic nitrogens is 3. The number of likely N-dealkylation sites (tertiary alicyclic amines) is 1. The number of nitrogens with zero attached hydrogens (tertiary/aromatic N) is 4. The maximum atomic E-state index is 13.1. The van der Waals surface area contributed by atoms with Crippen LogP contribution in [-0.4, -0.2) is 51.9 Å². The second-order valence-corrected chi connectivity index (χ2v) is 9.84. The average molecular weight is 436 g/mol. The number of hydrogen-bond acceptors (Lipinski definition) is 5. The van der Waals surface area contributed by atoms with Crippen molar-refractivity contribution in [1.29, 1.82) is 0 Å². The topological polar surface area (TPSA) is 76.2 Å². The molecule has 30 heavy (non-hydrogen) atoms. The first kappa shape index (κ1) is 22.8. The van der Waals surface area contributed by atoms with Crippen LogP contribution in [0.3, 0.4) is 0 Å². The van der Waals surface area contributed by atoms with Gasteiger partial charge in [0.2, 0.25) is 0 Å². The molecular formula is C22H34ClN5O2. The average Bonchev–Trinajstić information content (AvgIpc) is 3.27. The van der Waals surface area contributed by atoms with Crippen molar-refractivity contribution in [3.63, 3.8) is 0 Å². The molecular weight excluding hydrogens is 402 g/mol. The van der Waals surface area contributed by atoms with Crippen LogP contribution in [0.2, 0.25) is 5.15 Å². The molecule has 1 amide bonds. The van der Waals surface area contributed by atoms with Crippen LogP contribution in [0.4, 0.5) is 0 Å². The van der Waals surface area contributed by atoms with Crippen molar-refractivity contribution in [2.24, 2.45) is 11.3 Å². The van der Waals surface area contributed by atoms with Gasteiger partial charge >= 0.3 is 0 Å². The van der Waals surface area contributed by atoms with E-state index in [2.05, 4.69) is 41.2 Å². The van der Waals surface area contributed by atoms with E-state index in [4.69, 9.17) is 16.1 Å². The largest absolute Gasteiger partial charge is 0.361 e. The second kappa shape index (κ2) is 9.52. The van der Waals surface area contributed by atoms with Gasteiger partial charge < -0.3 is 14.7 Å². The number of carbonyl (C=O) groups excluding carboxylic acids is 1. The summed E-state index contributed by atoms with van der Waals surface area (Å²) in [5.74, 6) is 0.902. The summed E-state index contributed by atoms with van der Waals surface area (Å²) in [4.78, 5) is 15.6. The van der Waals surface area contributed by atoms with E-state index in [-0.39, 0.29) is 5.91 Å². The molecule has 1 fully saturated rings. The van der Waals surface area contributed by atoms with Gasteiger partial charge in [0.1, 0.15) is 27.9 Å². The summed E-state index contributed by atoms with van der Waals surface area (Å²) in [7, 11) is 0. The third-order valence-electron chi connectivity index (χ3n) is 5.62. The van der Waals surface area contributed by atoms with Crippen LogP contribution < -0.4 is 5.32 Å². The Kier molecular flexibility index (Phi) is 7.24. The SMILES string of the molecule is CCn1nc(-c2cc(C)on2)c(C(=O)NCC2CCCN(CCC(C)(C)C)C2)c1Cl. The number of amides is 1. The van der Waals surface area contributed by atoms with E-state index in [0.717, 1.165) is 26.1 Å². The monoisotopic (exact) mass is 435 g/mol. The van der Waals surface area contributed by atoms with Crippen LogP contribution in [-0.2, 0) is 6.54 Å². The van der Waals surface area contributed by atoms with Crippen molar-refractivity contribution in [2.75, 3.05) is 26.2 Å². The molecule has 0 aliphatic carbocycles. The molecule has 1 aliphatic rings. The van der Waals surface area contributed by atoms with Crippen LogP contribution in [0.1, 0.15) is 63.1 Å². The zero-order valence-corrected chi connectivity index (χ0v) is 19.6. The first-order valence-corrected chi connectivity index (χ1v) is 11.3. The van der Waals surface area contributed by atoms with E-state index in [1.807, 2.05) is 13.8 Å². The summed E-state index contributed by atoms with van der Waals surface area (Å²) in [5, 5.41) is 11.9. The van der Waals surface area contributed by atoms with Crippen molar-refractivity contribution in [3.05, 3.63) is 22.5 Å². The summed E-state index contributed by atoms with van der Waals surface area (Å²) in [6.07, 6.45) is 3.48. The summed E-state index contributed by atoms with van der Waals surface area (Å²) in [6, 6.07) is 1.77. The number of carbonyl (C=O) groups is 1. The highest BCUT2D eigenvalue weighted by Crippen LogP contribution is 2.29. The van der Waals surface area contributed by atoms with Gasteiger partial charge in [-0.25, -0.2) is 0 Å². The maximum Gasteiger partial charge on any atom is 0.256 e. The molecule has 0 aromatic carbocycles. The molecule has 0 saturated carbocycles. The van der Waals surface area contributed by atoms with E-state index in [0.29, 0.717) is 52.3 Å². The quantitative estimate of drug-likeness (QED) is 0.697. The van der Waals surface area contributed by atoms with Crippen LogP contribution in [0.25, 0.3) is 11.4 Å². The van der Waals surface area contributed by atoms with Gasteiger partial charge in [0.15, 0.2) is 0 Å². The molecule has 0 bridgehead atoms. The second-order valence-electron chi connectivity index (χ2n) is 9.48. The number of hydrogen-bond donors (Lipinski definition) is 1. The third-order valence-corrected chi connectivity index (χ3v) is 6.00. The van der Waals surface area contributed by atoms with Gasteiger partial charge in [-0.1, -0.05) is 37.5 Å². The fraction of sp³-hybridized carbons (Fsp3) is 0.682. The molecule has 1 saturated heterocycles. The number of nitrogens with one attached hydrogen (secondary N) is 1. The molecule has 1 unspecified atom stereocenters. The highest BCUT2D eigenvalue weighted by molar-refractivity contribution is 6.33. The fourth-order valence-electron chi connectivity index (χ4n) is 3.85. The standard InChI is InChI=1S/C22H34ClN5O2/c1-6-28-20(23)18(19(25-28)17-12-15(2)30-26-17)21(29)24-13-16-8-7-10-27(14-16)11-9-22(3,4)5/h12,16H,6-11,13-14H2,1-5H3,(H,24,29). The zero-order valence-electron chi connectivity index (χ0n) is 18.8. The van der Waals surface area contributed by atoms with Gasteiger partial charge in [-0.2, -0.15) is 5.10 Å². The molecule has 0 spiro atoms. The predicted molar refractivity (Wildman–Crippen MR) is 119 cm³/mol. The van der Waals surface area contributed by atoms with Gasteiger partial charge in [-0.05, 0) is 57.5 Å². The van der Waals surface area contributed by atoms with Crippen molar-refractivity contribution in [3.8, 4) is 11.4 Å². The highest BCUT2D eigenvalue weighted by Gasteiger charge is 2.27. The Morgan fingerprint density at radius 1 is 1.40 bits per heavy atom. The summed E-state index contributed by atoms with van der Waals surface area (Å²) >= 11 is 6.48. The van der Waals surface area contributed by atoms with Gasteiger partial charge in [-0.15, -0.1) is 0 Å². The Balaban J connectivity index is 1.65. The lowest BCUT2D eigenvalue weighted by Crippen LogP contribution is -2.42. The minimum absolute atomic E-state index is 0.206. The molecule has 8 heteroatoms. The first-order valence-electron chi connectivity index (χ1n) is 10.9. The molecule has 3 heterocycles. The van der Waals surface area contributed by atoms with E-state index in [1.54, 1.807) is 10.7 Å². The lowest BCUT2D eigenvalue weighted by Gasteiger charge is -2.34. The Morgan fingerprint density at radius 3 is 2.80 bits per heavy atom. The van der Waals surface area contributed by atoms with Crippen molar-refractivity contribution < 1.29 is 9.32 Å². The lowest BCUT2D eigenvalue weighted by molar-refractivity contribution is 0.0930. The summed E-state index contributed by atoms with van der Waals surface area (Å²) in [5.41, 5.74) is 1.70. The Morgan fingerprint density at radius 2 is 2.17 bits per heavy atom. The van der Waals surface area contributed by atoms with E-state index in [9.17, 15) is 4.79 Å². The lowest BCUT2D eigenvalue weighted by atomic mass is 9.91. The molecule has 7 nitrogen and oxygen atoms in total. The molecule has 166 valence electrons. The normalized spacial score (nSPS) is 18.0. The summed E-state index contributed by atoms with van der Waals surface area (Å²) < 4.78 is 6.79.